The summed E-state index contributed by atoms with van der Waals surface area (Å²) in [5.74, 6) is 1.30. The molecule has 3 aromatic carbocycles. The van der Waals surface area contributed by atoms with Gasteiger partial charge < -0.3 is 37.2 Å². The summed E-state index contributed by atoms with van der Waals surface area (Å²) in [7, 11) is -2.56. The average molecular weight is 947 g/mol. The summed E-state index contributed by atoms with van der Waals surface area (Å²) in [5, 5.41) is -0.167. The van der Waals surface area contributed by atoms with Gasteiger partial charge in [0.1, 0.15) is 41.8 Å². The Kier molecular flexibility index (Phi) is 14.7. The van der Waals surface area contributed by atoms with Gasteiger partial charge in [-0.15, -0.1) is 0 Å². The molecular weight excluding hydrogens is 888 g/mol. The molecule has 0 bridgehead atoms. The van der Waals surface area contributed by atoms with E-state index in [9.17, 15) is 23.7 Å². The topological polar surface area (TPSA) is 201 Å². The normalized spacial score (nSPS) is 21.8. The number of aromatic amines is 2. The molecule has 0 saturated carbocycles. The number of benzene rings is 3. The van der Waals surface area contributed by atoms with Crippen molar-refractivity contribution in [1.29, 1.82) is 0 Å². The van der Waals surface area contributed by atoms with Crippen LogP contribution in [0.25, 0.3) is 0 Å². The van der Waals surface area contributed by atoms with Crippen molar-refractivity contribution >= 4 is 16.6 Å². The minimum absolute atomic E-state index is 0.0379. The van der Waals surface area contributed by atoms with Crippen molar-refractivity contribution in [1.82, 2.24) is 19.1 Å². The van der Waals surface area contributed by atoms with E-state index in [0.717, 1.165) is 16.7 Å². The molecule has 2 aliphatic rings. The Morgan fingerprint density at radius 2 is 1.14 bits per heavy atom. The summed E-state index contributed by atoms with van der Waals surface area (Å²) >= 11 is 0. The molecule has 0 aliphatic carbocycles. The average Bonchev–Trinajstić information content (AvgIpc) is 3.88. The van der Waals surface area contributed by atoms with Crippen LogP contribution in [0.5, 0.6) is 11.5 Å². The lowest BCUT2D eigenvalue weighted by Crippen LogP contribution is -2.46. The van der Waals surface area contributed by atoms with Crippen LogP contribution in [-0.2, 0) is 37.9 Å². The monoisotopic (exact) mass is 946 g/mol. The van der Waals surface area contributed by atoms with Crippen LogP contribution in [0.3, 0.4) is 0 Å². The predicted molar refractivity (Wildman–Crippen MR) is 249 cm³/mol. The maximum absolute atomic E-state index is 14.1. The number of nitrogens with one attached hydrogen (secondary N) is 2. The zero-order valence-corrected chi connectivity index (χ0v) is 40.7. The number of ether oxygens (including phenoxy) is 5. The van der Waals surface area contributed by atoms with Crippen LogP contribution in [-0.4, -0.2) is 79.3 Å². The van der Waals surface area contributed by atoms with E-state index in [1.54, 1.807) is 28.1 Å². The highest BCUT2D eigenvalue weighted by Crippen LogP contribution is 2.45. The third-order valence-corrected chi connectivity index (χ3v) is 18.2. The minimum Gasteiger partial charge on any atom is -0.497 e. The number of aromatic nitrogens is 4. The maximum atomic E-state index is 14.1. The van der Waals surface area contributed by atoms with E-state index in [1.807, 2.05) is 78.9 Å². The van der Waals surface area contributed by atoms with E-state index in [0.29, 0.717) is 17.1 Å². The Hall–Kier alpha value is -5.17. The van der Waals surface area contributed by atoms with Crippen LogP contribution in [0.4, 0.5) is 0 Å². The van der Waals surface area contributed by atoms with Gasteiger partial charge in [-0.3, -0.25) is 33.3 Å². The molecule has 2 saturated heterocycles. The summed E-state index contributed by atoms with van der Waals surface area (Å²) in [4.78, 5) is 55.4. The van der Waals surface area contributed by atoms with Crippen LogP contribution in [0.15, 0.2) is 110 Å². The highest BCUT2D eigenvalue weighted by molar-refractivity contribution is 7.33. The molecule has 66 heavy (non-hydrogen) atoms. The Morgan fingerprint density at radius 3 is 1.61 bits per heavy atom. The quantitative estimate of drug-likeness (QED) is 0.0583. The number of H-pyrrole nitrogens is 2. The number of aryl methyl sites for hydroxylation is 2. The molecule has 4 heterocycles. The first-order valence-electron chi connectivity index (χ1n) is 21.8. The lowest BCUT2D eigenvalue weighted by molar-refractivity contribution is -0.0926. The number of methoxy groups -OCH3 is 2. The zero-order valence-electron chi connectivity index (χ0n) is 38.7. The van der Waals surface area contributed by atoms with Gasteiger partial charge in [0.2, 0.25) is 0 Å². The second-order valence-corrected chi connectivity index (χ2v) is 23.9. The largest absolute Gasteiger partial charge is 0.497 e. The van der Waals surface area contributed by atoms with Crippen molar-refractivity contribution in [3.05, 3.63) is 161 Å². The van der Waals surface area contributed by atoms with Crippen LogP contribution >= 0.6 is 8.25 Å². The summed E-state index contributed by atoms with van der Waals surface area (Å²) < 4.78 is 66.8. The van der Waals surface area contributed by atoms with Crippen LogP contribution in [0, 0.1) is 13.8 Å². The summed E-state index contributed by atoms with van der Waals surface area (Å²) in [6, 6.07) is 24.7. The molecule has 19 heteroatoms. The standard InChI is InChI=1S/C47H59N4O13PSi/c1-29-25-50(44(54)48-42(29)52)40-23-36(63-65(56)60-28-39-37(64-66(8,9)46(3,4)5)24-41(62-39)51-26-30(2)43(53)49-45(51)55)38(61-40)27-59-47(31-13-11-10-12-14-31,32-15-19-34(57-6)20-16-32)33-17-21-35(58-7)22-18-33/h10-22,25-26,36-41,65H,23-24,27-28H2,1-9H3,(H,48,52,54)(H,49,53,55). The molecule has 2 fully saturated rings. The molecule has 6 unspecified atom stereocenters. The Morgan fingerprint density at radius 1 is 0.682 bits per heavy atom. The van der Waals surface area contributed by atoms with Crippen molar-refractivity contribution in [2.24, 2.45) is 0 Å². The van der Waals surface area contributed by atoms with Crippen molar-refractivity contribution in [3.63, 3.8) is 0 Å². The van der Waals surface area contributed by atoms with Gasteiger partial charge in [0, 0.05) is 36.4 Å². The van der Waals surface area contributed by atoms with Crippen LogP contribution in [0.1, 0.15) is 73.9 Å². The molecule has 0 amide bonds. The third kappa shape index (κ3) is 10.4. The van der Waals surface area contributed by atoms with Crippen molar-refractivity contribution < 1.29 is 41.7 Å². The van der Waals surface area contributed by atoms with Crippen molar-refractivity contribution in [2.75, 3.05) is 27.4 Å². The highest BCUT2D eigenvalue weighted by Gasteiger charge is 2.47. The van der Waals surface area contributed by atoms with E-state index in [2.05, 4.69) is 43.8 Å². The molecule has 354 valence electrons. The van der Waals surface area contributed by atoms with Gasteiger partial charge in [-0.1, -0.05) is 75.4 Å². The summed E-state index contributed by atoms with van der Waals surface area (Å²) in [6.07, 6.45) is -1.77. The second kappa shape index (κ2) is 20.0. The first-order chi connectivity index (χ1) is 31.3. The predicted octanol–water partition coefficient (Wildman–Crippen LogP) is 6.49. The van der Waals surface area contributed by atoms with E-state index in [-0.39, 0.29) is 36.7 Å². The number of nitrogens with zero attached hydrogens (tertiary/aromatic N) is 2. The van der Waals surface area contributed by atoms with Gasteiger partial charge in [-0.05, 0) is 72.9 Å². The van der Waals surface area contributed by atoms with E-state index >= 15 is 0 Å². The molecule has 2 N–H and O–H groups in total. The van der Waals surface area contributed by atoms with Gasteiger partial charge in [0.15, 0.2) is 8.32 Å². The van der Waals surface area contributed by atoms with E-state index in [4.69, 9.17) is 37.2 Å². The smallest absolute Gasteiger partial charge is 0.330 e. The number of rotatable bonds is 17. The van der Waals surface area contributed by atoms with Gasteiger partial charge in [-0.25, -0.2) is 9.59 Å². The van der Waals surface area contributed by atoms with Gasteiger partial charge in [-0.2, -0.15) is 0 Å². The molecule has 0 radical (unpaired) electrons. The SMILES string of the molecule is COc1ccc(C(OCC2OC(n3cc(C)c(=O)[nH]c3=O)CC2O[P@H](=O)OCC2OC(n3cc(C)c(=O)[nH]c3=O)CC2O[Si](C)(C)C(C)(C)C)(c2ccccc2)c2ccc(OC)cc2)cc1. The number of hydrogen-bond acceptors (Lipinski definition) is 13. The van der Waals surface area contributed by atoms with E-state index in [1.165, 1.54) is 21.5 Å². The third-order valence-electron chi connectivity index (χ3n) is 12.8. The molecule has 7 atom stereocenters. The molecule has 5 aromatic rings. The van der Waals surface area contributed by atoms with Gasteiger partial charge in [0.05, 0.1) is 39.6 Å². The second-order valence-electron chi connectivity index (χ2n) is 18.1. The summed E-state index contributed by atoms with van der Waals surface area (Å²) in [6.45, 7) is 13.4. The molecule has 2 aromatic heterocycles. The maximum Gasteiger partial charge on any atom is 0.330 e. The van der Waals surface area contributed by atoms with Gasteiger partial charge in [0.25, 0.3) is 11.1 Å². The van der Waals surface area contributed by atoms with Crippen molar-refractivity contribution in [2.45, 2.75) is 108 Å². The fourth-order valence-electron chi connectivity index (χ4n) is 8.03. The molecule has 2 aliphatic heterocycles. The summed E-state index contributed by atoms with van der Waals surface area (Å²) in [5.41, 5.74) is -0.641. The Balaban J connectivity index is 1.19. The molecule has 17 nitrogen and oxygen atoms in total. The van der Waals surface area contributed by atoms with Crippen LogP contribution < -0.4 is 32.0 Å². The fourth-order valence-corrected chi connectivity index (χ4v) is 10.3. The molecule has 7 rings (SSSR count). The van der Waals surface area contributed by atoms with Crippen molar-refractivity contribution in [3.8, 4) is 11.5 Å². The Bertz CT molecular complexity index is 2690. The lowest BCUT2D eigenvalue weighted by Gasteiger charge is -2.39. The van der Waals surface area contributed by atoms with Crippen LogP contribution in [0.2, 0.25) is 18.1 Å². The first-order valence-corrected chi connectivity index (χ1v) is 25.9. The lowest BCUT2D eigenvalue weighted by atomic mass is 9.80. The fraction of sp³-hybridized carbons (Fsp3) is 0.447. The number of hydrogen-bond donors (Lipinski definition) is 2. The molecule has 0 spiro atoms. The minimum atomic E-state index is -3.34. The Labute approximate surface area is 384 Å². The molecular formula is C47H59N4O13PSi. The first kappa shape index (κ1) is 48.8. The highest BCUT2D eigenvalue weighted by atomic mass is 31.1. The van der Waals surface area contributed by atoms with E-state index < -0.39 is 81.5 Å². The van der Waals surface area contributed by atoms with Gasteiger partial charge >= 0.3 is 19.6 Å². The zero-order chi connectivity index (χ0) is 47.6.